The molecule has 0 aliphatic carbocycles. The second kappa shape index (κ2) is 3.60. The van der Waals surface area contributed by atoms with Gasteiger partial charge < -0.3 is 5.32 Å². The van der Waals surface area contributed by atoms with E-state index >= 15 is 0 Å². The molecular formula is C9H14N2O2. The van der Waals surface area contributed by atoms with Crippen LogP contribution in [-0.4, -0.2) is 28.9 Å². The molecule has 0 bridgehead atoms. The Morgan fingerprint density at radius 3 is 2.62 bits per heavy atom. The third-order valence-electron chi connectivity index (χ3n) is 1.97. The molecule has 4 heteroatoms. The van der Waals surface area contributed by atoms with Crippen LogP contribution in [0.1, 0.15) is 20.3 Å². The average Bonchev–Trinajstić information content (AvgIpc) is 2.28. The quantitative estimate of drug-likeness (QED) is 0.520. The molecule has 0 aromatic heterocycles. The number of urea groups is 1. The van der Waals surface area contributed by atoms with Crippen molar-refractivity contribution in [2.24, 2.45) is 0 Å². The number of carbonyl (C=O) groups is 2. The fourth-order valence-electron chi connectivity index (χ4n) is 1.36. The number of amides is 3. The third kappa shape index (κ3) is 1.71. The van der Waals surface area contributed by atoms with Gasteiger partial charge in [-0.3, -0.25) is 9.69 Å². The van der Waals surface area contributed by atoms with Gasteiger partial charge in [0.1, 0.15) is 6.04 Å². The summed E-state index contributed by atoms with van der Waals surface area (Å²) >= 11 is 0. The van der Waals surface area contributed by atoms with Crippen LogP contribution in [-0.2, 0) is 4.79 Å². The van der Waals surface area contributed by atoms with Crippen molar-refractivity contribution in [2.45, 2.75) is 32.4 Å². The van der Waals surface area contributed by atoms with E-state index in [-0.39, 0.29) is 18.0 Å². The molecule has 13 heavy (non-hydrogen) atoms. The van der Waals surface area contributed by atoms with Crippen LogP contribution < -0.4 is 5.32 Å². The first-order chi connectivity index (χ1) is 6.07. The van der Waals surface area contributed by atoms with Gasteiger partial charge in [0.05, 0.1) is 0 Å². The molecule has 1 saturated heterocycles. The van der Waals surface area contributed by atoms with Crippen molar-refractivity contribution in [3.05, 3.63) is 12.7 Å². The third-order valence-corrected chi connectivity index (χ3v) is 1.97. The zero-order valence-corrected chi connectivity index (χ0v) is 7.91. The molecule has 1 rings (SSSR count). The molecular weight excluding hydrogens is 168 g/mol. The minimum Gasteiger partial charge on any atom is -0.325 e. The number of hydrogen-bond donors (Lipinski definition) is 1. The highest BCUT2D eigenvalue weighted by atomic mass is 16.2. The lowest BCUT2D eigenvalue weighted by Crippen LogP contribution is -2.37. The van der Waals surface area contributed by atoms with E-state index in [2.05, 4.69) is 11.9 Å². The van der Waals surface area contributed by atoms with Gasteiger partial charge in [-0.15, -0.1) is 6.58 Å². The van der Waals surface area contributed by atoms with Crippen LogP contribution in [0.5, 0.6) is 0 Å². The van der Waals surface area contributed by atoms with Crippen molar-refractivity contribution in [3.8, 4) is 0 Å². The largest absolute Gasteiger partial charge is 0.325 e. The van der Waals surface area contributed by atoms with Crippen LogP contribution in [0.15, 0.2) is 12.7 Å². The smallest absolute Gasteiger partial charge is 0.325 e. The number of rotatable bonds is 3. The second-order valence-corrected chi connectivity index (χ2v) is 3.33. The zero-order valence-electron chi connectivity index (χ0n) is 7.91. The minimum absolute atomic E-state index is 0.0812. The number of imide groups is 1. The summed E-state index contributed by atoms with van der Waals surface area (Å²) in [5.74, 6) is -0.153. The van der Waals surface area contributed by atoms with E-state index < -0.39 is 6.04 Å². The van der Waals surface area contributed by atoms with E-state index in [0.717, 1.165) is 0 Å². The van der Waals surface area contributed by atoms with E-state index in [0.29, 0.717) is 6.42 Å². The minimum atomic E-state index is -0.410. The van der Waals surface area contributed by atoms with Gasteiger partial charge in [0.2, 0.25) is 0 Å². The van der Waals surface area contributed by atoms with Crippen molar-refractivity contribution in [3.63, 3.8) is 0 Å². The van der Waals surface area contributed by atoms with Crippen molar-refractivity contribution < 1.29 is 9.59 Å². The molecule has 0 saturated carbocycles. The maximum Gasteiger partial charge on any atom is 0.325 e. The van der Waals surface area contributed by atoms with Gasteiger partial charge >= 0.3 is 6.03 Å². The summed E-state index contributed by atoms with van der Waals surface area (Å²) in [5, 5.41) is 2.60. The Kier molecular flexibility index (Phi) is 2.70. The highest BCUT2D eigenvalue weighted by Gasteiger charge is 2.38. The lowest BCUT2D eigenvalue weighted by atomic mass is 10.2. The Balaban J connectivity index is 2.75. The predicted octanol–water partition coefficient (Wildman–Crippen LogP) is 0.891. The van der Waals surface area contributed by atoms with Crippen molar-refractivity contribution in [2.75, 3.05) is 0 Å². The van der Waals surface area contributed by atoms with Crippen LogP contribution in [0.25, 0.3) is 0 Å². The number of carbonyl (C=O) groups excluding carboxylic acids is 2. The summed E-state index contributed by atoms with van der Waals surface area (Å²) in [6.45, 7) is 7.16. The summed E-state index contributed by atoms with van der Waals surface area (Å²) in [6.07, 6.45) is 2.13. The number of hydrogen-bond acceptors (Lipinski definition) is 2. The van der Waals surface area contributed by atoms with E-state index in [4.69, 9.17) is 0 Å². The van der Waals surface area contributed by atoms with Gasteiger partial charge in [0.15, 0.2) is 0 Å². The van der Waals surface area contributed by atoms with E-state index in [9.17, 15) is 9.59 Å². The molecule has 3 amide bonds. The summed E-state index contributed by atoms with van der Waals surface area (Å²) in [4.78, 5) is 24.1. The van der Waals surface area contributed by atoms with Gasteiger partial charge in [-0.2, -0.15) is 0 Å². The van der Waals surface area contributed by atoms with Crippen LogP contribution in [0.4, 0.5) is 4.79 Å². The first kappa shape index (κ1) is 9.77. The lowest BCUT2D eigenvalue weighted by molar-refractivity contribution is -0.128. The van der Waals surface area contributed by atoms with E-state index in [1.807, 2.05) is 13.8 Å². The van der Waals surface area contributed by atoms with Gasteiger partial charge in [-0.25, -0.2) is 4.79 Å². The summed E-state index contributed by atoms with van der Waals surface area (Å²) < 4.78 is 0. The summed E-state index contributed by atoms with van der Waals surface area (Å²) in [7, 11) is 0. The first-order valence-electron chi connectivity index (χ1n) is 4.32. The Labute approximate surface area is 77.6 Å². The fourth-order valence-corrected chi connectivity index (χ4v) is 1.36. The molecule has 1 aliphatic rings. The molecule has 1 unspecified atom stereocenters. The maximum absolute atomic E-state index is 11.5. The predicted molar refractivity (Wildman–Crippen MR) is 49.1 cm³/mol. The normalized spacial score (nSPS) is 22.4. The lowest BCUT2D eigenvalue weighted by Gasteiger charge is -2.16. The van der Waals surface area contributed by atoms with Crippen LogP contribution >= 0.6 is 0 Å². The Bertz CT molecular complexity index is 248. The van der Waals surface area contributed by atoms with Crippen LogP contribution in [0.3, 0.4) is 0 Å². The Morgan fingerprint density at radius 1 is 1.62 bits per heavy atom. The summed E-state index contributed by atoms with van der Waals surface area (Å²) in [5.41, 5.74) is 0. The van der Waals surface area contributed by atoms with E-state index in [1.165, 1.54) is 4.90 Å². The highest BCUT2D eigenvalue weighted by molar-refractivity contribution is 6.04. The van der Waals surface area contributed by atoms with Crippen LogP contribution in [0.2, 0.25) is 0 Å². The second-order valence-electron chi connectivity index (χ2n) is 3.33. The molecule has 1 aliphatic heterocycles. The van der Waals surface area contributed by atoms with Crippen molar-refractivity contribution in [1.82, 2.24) is 10.2 Å². The number of nitrogens with zero attached hydrogens (tertiary/aromatic N) is 1. The molecule has 0 aromatic rings. The number of nitrogens with one attached hydrogen (secondary N) is 1. The SMILES string of the molecule is C=CCC1NC(=O)N(C(C)C)C1=O. The Morgan fingerprint density at radius 2 is 2.23 bits per heavy atom. The van der Waals surface area contributed by atoms with Crippen LogP contribution in [0, 0.1) is 0 Å². The van der Waals surface area contributed by atoms with Gasteiger partial charge in [0.25, 0.3) is 5.91 Å². The van der Waals surface area contributed by atoms with Crippen molar-refractivity contribution >= 4 is 11.9 Å². The highest BCUT2D eigenvalue weighted by Crippen LogP contribution is 2.12. The van der Waals surface area contributed by atoms with Gasteiger partial charge in [-0.1, -0.05) is 6.08 Å². The van der Waals surface area contributed by atoms with E-state index in [1.54, 1.807) is 6.08 Å². The molecule has 1 heterocycles. The van der Waals surface area contributed by atoms with Gasteiger partial charge in [-0.05, 0) is 20.3 Å². The zero-order chi connectivity index (χ0) is 10.0. The topological polar surface area (TPSA) is 49.4 Å². The average molecular weight is 182 g/mol. The van der Waals surface area contributed by atoms with Crippen molar-refractivity contribution in [1.29, 1.82) is 0 Å². The first-order valence-corrected chi connectivity index (χ1v) is 4.32. The monoisotopic (exact) mass is 182 g/mol. The summed E-state index contributed by atoms with van der Waals surface area (Å²) in [6, 6.07) is -0.790. The molecule has 72 valence electrons. The molecule has 0 radical (unpaired) electrons. The van der Waals surface area contributed by atoms with Gasteiger partial charge in [0, 0.05) is 6.04 Å². The molecule has 0 spiro atoms. The maximum atomic E-state index is 11.5. The molecule has 1 atom stereocenters. The Hall–Kier alpha value is -1.32. The molecule has 1 N–H and O–H groups in total. The fraction of sp³-hybridized carbons (Fsp3) is 0.556. The molecule has 1 fully saturated rings. The molecule has 4 nitrogen and oxygen atoms in total. The standard InChI is InChI=1S/C9H14N2O2/c1-4-5-7-8(12)11(6(2)3)9(13)10-7/h4,6-7H,1,5H2,2-3H3,(H,10,13). The molecule has 0 aromatic carbocycles.